The van der Waals surface area contributed by atoms with E-state index in [0.29, 0.717) is 6.04 Å². The number of para-hydroxylation sites is 1. The largest absolute Gasteiger partial charge is 0.345 e. The molecule has 3 heterocycles. The van der Waals surface area contributed by atoms with E-state index < -0.39 is 0 Å². The van der Waals surface area contributed by atoms with Crippen molar-refractivity contribution in [2.24, 2.45) is 5.92 Å². The van der Waals surface area contributed by atoms with E-state index >= 15 is 0 Å². The summed E-state index contributed by atoms with van der Waals surface area (Å²) in [4.78, 5) is 17.6. The van der Waals surface area contributed by atoms with Gasteiger partial charge >= 0.3 is 0 Å². The molecule has 138 valence electrons. The Morgan fingerprint density at radius 3 is 2.69 bits per heavy atom. The van der Waals surface area contributed by atoms with Crippen molar-refractivity contribution in [3.05, 3.63) is 42.1 Å². The molecule has 1 aromatic carbocycles. The van der Waals surface area contributed by atoms with E-state index in [0.717, 1.165) is 39.1 Å². The first-order valence-electron chi connectivity index (χ1n) is 10.0. The lowest BCUT2D eigenvalue weighted by atomic mass is 9.85. The predicted molar refractivity (Wildman–Crippen MR) is 107 cm³/mol. The number of benzene rings is 1. The molecule has 2 atom stereocenters. The average Bonchev–Trinajstić information content (AvgIpc) is 3.08. The smallest absolute Gasteiger partial charge is 0.230 e. The summed E-state index contributed by atoms with van der Waals surface area (Å²) in [7, 11) is 0. The molecule has 4 nitrogen and oxygen atoms in total. The zero-order chi connectivity index (χ0) is 18.3. The van der Waals surface area contributed by atoms with E-state index in [9.17, 15) is 4.79 Å². The van der Waals surface area contributed by atoms with Gasteiger partial charge in [-0.05, 0) is 38.5 Å². The lowest BCUT2D eigenvalue weighted by molar-refractivity contribution is -0.134. The van der Waals surface area contributed by atoms with Gasteiger partial charge in [0.05, 0.1) is 17.5 Å². The molecule has 0 spiro atoms. The van der Waals surface area contributed by atoms with Crippen molar-refractivity contribution in [3.8, 4) is 0 Å². The van der Waals surface area contributed by atoms with Crippen LogP contribution in [0.3, 0.4) is 0 Å². The highest BCUT2D eigenvalue weighted by molar-refractivity contribution is 5.96. The number of nitrogens with zero attached hydrogens (tertiary/aromatic N) is 3. The van der Waals surface area contributed by atoms with E-state index in [1.54, 1.807) is 0 Å². The van der Waals surface area contributed by atoms with Gasteiger partial charge in [0.15, 0.2) is 0 Å². The molecule has 1 amide bonds. The van der Waals surface area contributed by atoms with Crippen molar-refractivity contribution >= 4 is 22.4 Å². The first kappa shape index (κ1) is 17.3. The van der Waals surface area contributed by atoms with E-state index in [4.69, 9.17) is 0 Å². The van der Waals surface area contributed by atoms with Gasteiger partial charge in [-0.3, -0.25) is 9.69 Å². The summed E-state index contributed by atoms with van der Waals surface area (Å²) in [5, 5.41) is 1.29. The maximum atomic E-state index is 13.1. The van der Waals surface area contributed by atoms with Crippen LogP contribution in [0.5, 0.6) is 0 Å². The summed E-state index contributed by atoms with van der Waals surface area (Å²) < 4.78 is 2.39. The summed E-state index contributed by atoms with van der Waals surface area (Å²) in [6.07, 6.45) is 5.60. The number of carbonyl (C=O) groups excluding carboxylic acids is 1. The predicted octanol–water partition coefficient (Wildman–Crippen LogP) is 3.62. The molecule has 0 fully saturated rings. The normalized spacial score (nSPS) is 22.2. The number of amides is 1. The van der Waals surface area contributed by atoms with Crippen LogP contribution < -0.4 is 0 Å². The summed E-state index contributed by atoms with van der Waals surface area (Å²) >= 11 is 0. The Bertz CT molecular complexity index is 846. The molecule has 0 unspecified atom stereocenters. The lowest BCUT2D eigenvalue weighted by Crippen LogP contribution is -2.50. The van der Waals surface area contributed by atoms with Crippen LogP contribution in [0.2, 0.25) is 0 Å². The fraction of sp³-hybridized carbons (Fsp3) is 0.500. The molecule has 0 bridgehead atoms. The molecule has 26 heavy (non-hydrogen) atoms. The molecular formula is C22H29N3O. The third-order valence-electron chi connectivity index (χ3n) is 5.98. The number of aromatic nitrogens is 1. The Balaban J connectivity index is 1.80. The fourth-order valence-electron chi connectivity index (χ4n) is 4.73. The van der Waals surface area contributed by atoms with Crippen LogP contribution >= 0.6 is 0 Å². The maximum absolute atomic E-state index is 13.1. The highest BCUT2D eigenvalue weighted by Crippen LogP contribution is 2.39. The van der Waals surface area contributed by atoms with Crippen molar-refractivity contribution < 1.29 is 4.79 Å². The molecule has 0 N–H and O–H groups in total. The number of fused-ring (bicyclic) bond motifs is 2. The maximum Gasteiger partial charge on any atom is 0.230 e. The number of carbonyl (C=O) groups is 1. The third-order valence-corrected chi connectivity index (χ3v) is 5.98. The van der Waals surface area contributed by atoms with E-state index in [1.165, 1.54) is 22.0 Å². The van der Waals surface area contributed by atoms with Crippen molar-refractivity contribution in [1.82, 2.24) is 14.4 Å². The summed E-state index contributed by atoms with van der Waals surface area (Å²) in [5.74, 6) is 0.236. The zero-order valence-corrected chi connectivity index (χ0v) is 16.1. The number of hydrogen-bond acceptors (Lipinski definition) is 2. The van der Waals surface area contributed by atoms with Crippen LogP contribution in [0.15, 0.2) is 36.5 Å². The van der Waals surface area contributed by atoms with Crippen LogP contribution in [-0.2, 0) is 11.3 Å². The van der Waals surface area contributed by atoms with Crippen molar-refractivity contribution in [2.45, 2.75) is 39.8 Å². The summed E-state index contributed by atoms with van der Waals surface area (Å²) in [6.45, 7) is 10.8. The second-order valence-electron chi connectivity index (χ2n) is 7.46. The van der Waals surface area contributed by atoms with Crippen molar-refractivity contribution in [2.75, 3.05) is 26.2 Å². The van der Waals surface area contributed by atoms with Crippen LogP contribution in [0.1, 0.15) is 32.8 Å². The Morgan fingerprint density at radius 2 is 1.96 bits per heavy atom. The highest BCUT2D eigenvalue weighted by Gasteiger charge is 2.37. The van der Waals surface area contributed by atoms with Gasteiger partial charge in [-0.1, -0.05) is 31.2 Å². The molecule has 0 aliphatic carbocycles. The molecule has 4 heteroatoms. The van der Waals surface area contributed by atoms with E-state index in [2.05, 4.69) is 66.8 Å². The standard InChI is InChI=1S/C22H29N3O/c1-4-11-24-14-17(22(26)23(5-2)6-3)13-19-18-9-7-8-16-10-12-25(21(16)18)15-20(19)24/h7-10,12-13,17,20H,4-6,11,14-15H2,1-3H3/t17-,20-/m1/s1. The monoisotopic (exact) mass is 351 g/mol. The minimum absolute atomic E-state index is 0.0375. The molecule has 0 saturated carbocycles. The minimum Gasteiger partial charge on any atom is -0.345 e. The molecule has 2 aromatic rings. The Kier molecular flexibility index (Phi) is 4.62. The zero-order valence-electron chi connectivity index (χ0n) is 16.1. The van der Waals surface area contributed by atoms with Gasteiger partial charge in [0, 0.05) is 43.3 Å². The van der Waals surface area contributed by atoms with Crippen LogP contribution in [-0.4, -0.2) is 52.5 Å². The Labute approximate surface area is 156 Å². The molecule has 2 aliphatic rings. The third kappa shape index (κ3) is 2.67. The average molecular weight is 351 g/mol. The van der Waals surface area contributed by atoms with Crippen LogP contribution in [0.25, 0.3) is 16.5 Å². The molecule has 2 aliphatic heterocycles. The first-order chi connectivity index (χ1) is 12.7. The summed E-state index contributed by atoms with van der Waals surface area (Å²) in [5.41, 5.74) is 3.98. The SMILES string of the molecule is CCCN1C[C@H](C(=O)N(CC)CC)C=C2c3cccc4ccn(c34)C[C@H]21. The Hall–Kier alpha value is -2.07. The molecule has 0 radical (unpaired) electrons. The minimum atomic E-state index is -0.0375. The molecular weight excluding hydrogens is 322 g/mol. The van der Waals surface area contributed by atoms with E-state index in [1.807, 2.05) is 4.90 Å². The van der Waals surface area contributed by atoms with Gasteiger partial charge in [-0.2, -0.15) is 0 Å². The van der Waals surface area contributed by atoms with Crippen molar-refractivity contribution in [1.29, 1.82) is 0 Å². The Morgan fingerprint density at radius 1 is 1.15 bits per heavy atom. The van der Waals surface area contributed by atoms with Gasteiger partial charge in [0.1, 0.15) is 0 Å². The van der Waals surface area contributed by atoms with Gasteiger partial charge < -0.3 is 9.47 Å². The number of hydrogen-bond donors (Lipinski definition) is 0. The lowest BCUT2D eigenvalue weighted by Gasteiger charge is -2.42. The number of rotatable bonds is 5. The van der Waals surface area contributed by atoms with Gasteiger partial charge in [0.25, 0.3) is 0 Å². The van der Waals surface area contributed by atoms with E-state index in [-0.39, 0.29) is 11.8 Å². The summed E-state index contributed by atoms with van der Waals surface area (Å²) in [6, 6.07) is 9.14. The molecule has 0 saturated heterocycles. The molecule has 4 rings (SSSR count). The van der Waals surface area contributed by atoms with Gasteiger partial charge in [-0.15, -0.1) is 0 Å². The second-order valence-corrected chi connectivity index (χ2v) is 7.46. The highest BCUT2D eigenvalue weighted by atomic mass is 16.2. The van der Waals surface area contributed by atoms with Crippen molar-refractivity contribution in [3.63, 3.8) is 0 Å². The quantitative estimate of drug-likeness (QED) is 0.823. The second kappa shape index (κ2) is 6.92. The van der Waals surface area contributed by atoms with Gasteiger partial charge in [-0.25, -0.2) is 0 Å². The molecule has 1 aromatic heterocycles. The topological polar surface area (TPSA) is 28.5 Å². The van der Waals surface area contributed by atoms with Gasteiger partial charge in [0.2, 0.25) is 5.91 Å². The van der Waals surface area contributed by atoms with Crippen LogP contribution in [0, 0.1) is 5.92 Å². The fourth-order valence-corrected chi connectivity index (χ4v) is 4.73. The first-order valence-corrected chi connectivity index (χ1v) is 10.0. The van der Waals surface area contributed by atoms with Crippen LogP contribution in [0.4, 0.5) is 0 Å².